The van der Waals surface area contributed by atoms with Crippen LogP contribution in [0.5, 0.6) is 0 Å². The van der Waals surface area contributed by atoms with Crippen LogP contribution in [0.1, 0.15) is 27.2 Å². The highest BCUT2D eigenvalue weighted by Crippen LogP contribution is 2.45. The molecule has 86 valence electrons. The summed E-state index contributed by atoms with van der Waals surface area (Å²) in [5.74, 6) is -1.95. The first-order chi connectivity index (χ1) is 5.88. The Bertz CT molecular complexity index is 187. The predicted octanol–water partition coefficient (Wildman–Crippen LogP) is 4.16. The van der Waals surface area contributed by atoms with Gasteiger partial charge in [-0.15, -0.1) is 0 Å². The van der Waals surface area contributed by atoms with Crippen molar-refractivity contribution < 1.29 is 26.3 Å². The summed E-state index contributed by atoms with van der Waals surface area (Å²) >= 11 is 0. The third kappa shape index (κ3) is 3.38. The molecule has 0 saturated heterocycles. The predicted molar refractivity (Wildman–Crippen MR) is 39.7 cm³/mol. The fraction of sp³-hybridized carbons (Fsp3) is 1.00. The van der Waals surface area contributed by atoms with Crippen molar-refractivity contribution in [3.8, 4) is 0 Å². The highest BCUT2D eigenvalue weighted by Gasteiger charge is 2.51. The molecule has 0 nitrogen and oxygen atoms in total. The summed E-state index contributed by atoms with van der Waals surface area (Å²) < 4.78 is 72.6. The van der Waals surface area contributed by atoms with Gasteiger partial charge in [-0.05, 0) is 6.42 Å². The van der Waals surface area contributed by atoms with Crippen LogP contribution in [0.2, 0.25) is 0 Å². The third-order valence-corrected chi connectivity index (χ3v) is 2.14. The van der Waals surface area contributed by atoms with Crippen molar-refractivity contribution in [1.82, 2.24) is 0 Å². The molecule has 6 heteroatoms. The topological polar surface area (TPSA) is 0 Å². The average molecular weight is 222 g/mol. The van der Waals surface area contributed by atoms with E-state index < -0.39 is 30.1 Å². The van der Waals surface area contributed by atoms with Gasteiger partial charge in [0.05, 0.1) is 11.3 Å². The van der Waals surface area contributed by atoms with Gasteiger partial charge in [0.2, 0.25) is 0 Å². The summed E-state index contributed by atoms with van der Waals surface area (Å²) in [6.07, 6.45) is -10.1. The van der Waals surface area contributed by atoms with Crippen molar-refractivity contribution in [2.45, 2.75) is 39.5 Å². The summed E-state index contributed by atoms with van der Waals surface area (Å²) in [6.45, 7) is 2.30. The summed E-state index contributed by atoms with van der Waals surface area (Å²) in [5, 5.41) is 0. The van der Waals surface area contributed by atoms with E-state index in [2.05, 4.69) is 0 Å². The lowest BCUT2D eigenvalue weighted by atomic mass is 9.82. The molecule has 0 fully saturated rings. The second kappa shape index (κ2) is 3.62. The Morgan fingerprint density at radius 1 is 0.929 bits per heavy atom. The molecule has 0 aromatic carbocycles. The van der Waals surface area contributed by atoms with Crippen LogP contribution < -0.4 is 0 Å². The summed E-state index contributed by atoms with van der Waals surface area (Å²) in [5.41, 5.74) is -2.30. The van der Waals surface area contributed by atoms with Gasteiger partial charge in [-0.25, -0.2) is 0 Å². The van der Waals surface area contributed by atoms with Gasteiger partial charge >= 0.3 is 12.4 Å². The molecule has 0 unspecified atom stereocenters. The highest BCUT2D eigenvalue weighted by molar-refractivity contribution is 4.81. The van der Waals surface area contributed by atoms with Crippen LogP contribution in [0.15, 0.2) is 0 Å². The molecule has 0 N–H and O–H groups in total. The molecule has 0 amide bonds. The first-order valence-electron chi connectivity index (χ1n) is 4.01. The van der Waals surface area contributed by atoms with E-state index in [1.165, 1.54) is 0 Å². The van der Waals surface area contributed by atoms with Gasteiger partial charge in [0.15, 0.2) is 0 Å². The standard InChI is InChI=1S/C8H12F6/c1-5(7(9,10)11)4-6(2,3)8(12,13)14/h5H,4H2,1-3H3/t5-/m0/s1. The largest absolute Gasteiger partial charge is 0.393 e. The van der Waals surface area contributed by atoms with Gasteiger partial charge < -0.3 is 0 Å². The Kier molecular flexibility index (Phi) is 3.51. The van der Waals surface area contributed by atoms with Crippen LogP contribution in [0.4, 0.5) is 26.3 Å². The monoisotopic (exact) mass is 222 g/mol. The van der Waals surface area contributed by atoms with Crippen molar-refractivity contribution in [2.75, 3.05) is 0 Å². The minimum atomic E-state index is -4.60. The summed E-state index contributed by atoms with van der Waals surface area (Å²) in [4.78, 5) is 0. The van der Waals surface area contributed by atoms with Crippen LogP contribution in [0.25, 0.3) is 0 Å². The molecule has 0 bridgehead atoms. The van der Waals surface area contributed by atoms with Crippen molar-refractivity contribution in [3.63, 3.8) is 0 Å². The average Bonchev–Trinajstić information content (AvgIpc) is 1.80. The molecular formula is C8H12F6. The van der Waals surface area contributed by atoms with E-state index in [4.69, 9.17) is 0 Å². The summed E-state index contributed by atoms with van der Waals surface area (Å²) in [6, 6.07) is 0. The van der Waals surface area contributed by atoms with Gasteiger partial charge in [0.25, 0.3) is 0 Å². The second-order valence-electron chi connectivity index (χ2n) is 4.03. The van der Waals surface area contributed by atoms with Crippen LogP contribution in [0.3, 0.4) is 0 Å². The Hall–Kier alpha value is -0.420. The lowest BCUT2D eigenvalue weighted by Gasteiger charge is -2.31. The van der Waals surface area contributed by atoms with Gasteiger partial charge in [0.1, 0.15) is 0 Å². The Balaban J connectivity index is 4.53. The van der Waals surface area contributed by atoms with E-state index in [1.54, 1.807) is 0 Å². The molecule has 0 aliphatic heterocycles. The van der Waals surface area contributed by atoms with Crippen LogP contribution in [-0.2, 0) is 0 Å². The zero-order valence-corrected chi connectivity index (χ0v) is 8.05. The number of hydrogen-bond acceptors (Lipinski definition) is 0. The van der Waals surface area contributed by atoms with Crippen molar-refractivity contribution in [1.29, 1.82) is 0 Å². The third-order valence-electron chi connectivity index (χ3n) is 2.14. The maximum absolute atomic E-state index is 12.2. The lowest BCUT2D eigenvalue weighted by Crippen LogP contribution is -2.36. The Labute approximate surface area is 78.3 Å². The molecule has 14 heavy (non-hydrogen) atoms. The second-order valence-corrected chi connectivity index (χ2v) is 4.03. The molecule has 0 aromatic heterocycles. The maximum Gasteiger partial charge on any atom is 0.393 e. The number of rotatable bonds is 2. The number of alkyl halides is 6. The summed E-state index contributed by atoms with van der Waals surface area (Å²) in [7, 11) is 0. The van der Waals surface area contributed by atoms with E-state index in [-0.39, 0.29) is 0 Å². The van der Waals surface area contributed by atoms with E-state index in [1.807, 2.05) is 0 Å². The van der Waals surface area contributed by atoms with Crippen molar-refractivity contribution in [3.05, 3.63) is 0 Å². The van der Waals surface area contributed by atoms with Crippen LogP contribution >= 0.6 is 0 Å². The van der Waals surface area contributed by atoms with E-state index in [0.717, 1.165) is 20.8 Å². The van der Waals surface area contributed by atoms with Crippen molar-refractivity contribution >= 4 is 0 Å². The number of hydrogen-bond donors (Lipinski definition) is 0. The van der Waals surface area contributed by atoms with Gasteiger partial charge in [-0.2, -0.15) is 26.3 Å². The Morgan fingerprint density at radius 3 is 1.50 bits per heavy atom. The van der Waals surface area contributed by atoms with Gasteiger partial charge in [-0.3, -0.25) is 0 Å². The lowest BCUT2D eigenvalue weighted by molar-refractivity contribution is -0.236. The van der Waals surface area contributed by atoms with Crippen molar-refractivity contribution in [2.24, 2.45) is 11.3 Å². The zero-order chi connectivity index (χ0) is 11.8. The molecule has 0 heterocycles. The molecule has 0 aliphatic rings. The smallest absolute Gasteiger partial charge is 0.171 e. The minimum absolute atomic E-state index is 0.757. The zero-order valence-electron chi connectivity index (χ0n) is 8.05. The molecule has 1 atom stereocenters. The maximum atomic E-state index is 12.2. The molecular weight excluding hydrogens is 210 g/mol. The van der Waals surface area contributed by atoms with E-state index in [9.17, 15) is 26.3 Å². The van der Waals surface area contributed by atoms with E-state index >= 15 is 0 Å². The van der Waals surface area contributed by atoms with Crippen LogP contribution in [0, 0.1) is 11.3 Å². The molecule has 0 saturated carbocycles. The fourth-order valence-corrected chi connectivity index (χ4v) is 0.997. The Morgan fingerprint density at radius 2 is 1.29 bits per heavy atom. The number of halogens is 6. The molecule has 0 spiro atoms. The first-order valence-corrected chi connectivity index (χ1v) is 4.01. The van der Waals surface area contributed by atoms with E-state index in [0.29, 0.717) is 0 Å². The first kappa shape index (κ1) is 13.6. The molecule has 0 aromatic rings. The van der Waals surface area contributed by atoms with Gasteiger partial charge in [-0.1, -0.05) is 20.8 Å². The highest BCUT2D eigenvalue weighted by atomic mass is 19.4. The molecule has 0 rings (SSSR count). The van der Waals surface area contributed by atoms with Crippen LogP contribution in [-0.4, -0.2) is 12.4 Å². The van der Waals surface area contributed by atoms with Gasteiger partial charge in [0, 0.05) is 0 Å². The molecule has 0 radical (unpaired) electrons. The fourth-order valence-electron chi connectivity index (χ4n) is 0.997. The minimum Gasteiger partial charge on any atom is -0.171 e. The molecule has 0 aliphatic carbocycles. The quantitative estimate of drug-likeness (QED) is 0.615. The normalized spacial score (nSPS) is 16.9. The SMILES string of the molecule is C[C@@H](CC(C)(C)C(F)(F)F)C(F)(F)F.